The number of aromatic amines is 1. The molecule has 0 spiro atoms. The number of hydrogen-bond acceptors (Lipinski definition) is 5. The molecule has 6 nitrogen and oxygen atoms in total. The minimum absolute atomic E-state index is 0.172. The number of aromatic nitrogens is 4. The molecule has 0 amide bonds. The highest BCUT2D eigenvalue weighted by Crippen LogP contribution is 2.63. The zero-order valence-electron chi connectivity index (χ0n) is 17.6. The number of rotatable bonds is 4. The number of piperidine rings is 1. The van der Waals surface area contributed by atoms with Gasteiger partial charge in [-0.15, -0.1) is 0 Å². The van der Waals surface area contributed by atoms with Crippen molar-refractivity contribution in [2.24, 2.45) is 17.6 Å². The second-order valence-corrected chi connectivity index (χ2v) is 9.56. The van der Waals surface area contributed by atoms with Gasteiger partial charge >= 0.3 is 0 Å². The van der Waals surface area contributed by atoms with Crippen LogP contribution in [0.1, 0.15) is 12.0 Å². The van der Waals surface area contributed by atoms with Crippen molar-refractivity contribution in [1.82, 2.24) is 20.2 Å². The SMILES string of the molecule is NCC1(c2ccccc2F)C2CCN(c3cnc4c(-c5cccc(Cl)c5Cl)n[nH]c4n3)CC21. The zero-order chi connectivity index (χ0) is 22.7. The van der Waals surface area contributed by atoms with E-state index < -0.39 is 0 Å². The van der Waals surface area contributed by atoms with Crippen LogP contribution in [0.5, 0.6) is 0 Å². The second-order valence-electron chi connectivity index (χ2n) is 8.77. The molecule has 9 heteroatoms. The van der Waals surface area contributed by atoms with E-state index in [2.05, 4.69) is 20.1 Å². The van der Waals surface area contributed by atoms with Gasteiger partial charge in [0.25, 0.3) is 0 Å². The van der Waals surface area contributed by atoms with E-state index in [4.69, 9.17) is 33.9 Å². The summed E-state index contributed by atoms with van der Waals surface area (Å²) in [6.45, 7) is 2.02. The molecule has 2 aromatic heterocycles. The second kappa shape index (κ2) is 7.65. The zero-order valence-corrected chi connectivity index (χ0v) is 19.1. The van der Waals surface area contributed by atoms with Crippen molar-refractivity contribution >= 4 is 40.2 Å². The first kappa shape index (κ1) is 20.8. The number of fused-ring (bicyclic) bond motifs is 2. The fourth-order valence-electron chi connectivity index (χ4n) is 5.66. The Hall–Kier alpha value is -2.74. The molecule has 6 rings (SSSR count). The smallest absolute Gasteiger partial charge is 0.177 e. The number of anilines is 1. The standard InChI is InChI=1S/C24H21Cl2FN6/c25-17-6-3-4-13(20(17)26)21-22-23(32-31-21)30-19(10-29-22)33-9-8-14-16(11-33)24(14,12-28)15-5-1-2-7-18(15)27/h1-7,10,14,16H,8-9,11-12,28H2,(H,30,31,32). The molecule has 0 bridgehead atoms. The maximum Gasteiger partial charge on any atom is 0.177 e. The van der Waals surface area contributed by atoms with E-state index in [1.54, 1.807) is 18.3 Å². The first-order valence-electron chi connectivity index (χ1n) is 10.9. The summed E-state index contributed by atoms with van der Waals surface area (Å²) >= 11 is 12.6. The third-order valence-corrected chi connectivity index (χ3v) is 8.15. The van der Waals surface area contributed by atoms with Gasteiger partial charge in [0.1, 0.15) is 22.8 Å². The highest BCUT2D eigenvalue weighted by molar-refractivity contribution is 6.43. The molecule has 3 unspecified atom stereocenters. The highest BCUT2D eigenvalue weighted by Gasteiger charge is 2.66. The minimum atomic E-state index is -0.303. The number of hydrogen-bond donors (Lipinski definition) is 2. The summed E-state index contributed by atoms with van der Waals surface area (Å²) < 4.78 is 14.6. The summed E-state index contributed by atoms with van der Waals surface area (Å²) in [6, 6.07) is 12.4. The Morgan fingerprint density at radius 2 is 2.00 bits per heavy atom. The predicted octanol–water partition coefficient (Wildman–Crippen LogP) is 4.82. The van der Waals surface area contributed by atoms with Gasteiger partial charge in [0.15, 0.2) is 5.65 Å². The molecule has 1 aliphatic carbocycles. The van der Waals surface area contributed by atoms with Crippen molar-refractivity contribution < 1.29 is 4.39 Å². The summed E-state index contributed by atoms with van der Waals surface area (Å²) in [6.07, 6.45) is 2.69. The Balaban J connectivity index is 1.30. The van der Waals surface area contributed by atoms with Crippen molar-refractivity contribution in [3.8, 4) is 11.3 Å². The van der Waals surface area contributed by atoms with E-state index in [1.165, 1.54) is 6.07 Å². The highest BCUT2D eigenvalue weighted by atomic mass is 35.5. The number of nitrogens with one attached hydrogen (secondary N) is 1. The molecule has 33 heavy (non-hydrogen) atoms. The molecule has 2 fully saturated rings. The topological polar surface area (TPSA) is 83.7 Å². The lowest BCUT2D eigenvalue weighted by molar-refractivity contribution is 0.533. The number of halogens is 3. The van der Waals surface area contributed by atoms with E-state index in [0.717, 1.165) is 30.9 Å². The molecule has 168 valence electrons. The largest absolute Gasteiger partial charge is 0.355 e. The normalized spacial score (nSPS) is 24.2. The van der Waals surface area contributed by atoms with Crippen LogP contribution in [0.2, 0.25) is 10.0 Å². The molecule has 0 radical (unpaired) electrons. The van der Waals surface area contributed by atoms with E-state index in [0.29, 0.717) is 44.9 Å². The Morgan fingerprint density at radius 3 is 2.82 bits per heavy atom. The average Bonchev–Trinajstić information content (AvgIpc) is 3.30. The van der Waals surface area contributed by atoms with Gasteiger partial charge in [0.05, 0.1) is 16.2 Å². The maximum absolute atomic E-state index is 14.6. The van der Waals surface area contributed by atoms with Gasteiger partial charge in [-0.1, -0.05) is 53.5 Å². The minimum Gasteiger partial charge on any atom is -0.355 e. The summed E-state index contributed by atoms with van der Waals surface area (Å²) in [5.74, 6) is 1.26. The Morgan fingerprint density at radius 1 is 1.15 bits per heavy atom. The van der Waals surface area contributed by atoms with Crippen molar-refractivity contribution in [2.75, 3.05) is 24.5 Å². The van der Waals surface area contributed by atoms with Crippen LogP contribution in [-0.2, 0) is 5.41 Å². The number of benzene rings is 2. The molecule has 1 aliphatic heterocycles. The van der Waals surface area contributed by atoms with Crippen LogP contribution in [0, 0.1) is 17.7 Å². The first-order chi connectivity index (χ1) is 16.0. The maximum atomic E-state index is 14.6. The molecule has 1 saturated heterocycles. The van der Waals surface area contributed by atoms with Gasteiger partial charge in [-0.25, -0.2) is 14.4 Å². The van der Waals surface area contributed by atoms with E-state index in [9.17, 15) is 4.39 Å². The third kappa shape index (κ3) is 3.06. The molecular weight excluding hydrogens is 462 g/mol. The van der Waals surface area contributed by atoms with Gasteiger partial charge in [-0.3, -0.25) is 5.10 Å². The fraction of sp³-hybridized carbons (Fsp3) is 0.292. The van der Waals surface area contributed by atoms with Crippen LogP contribution < -0.4 is 10.6 Å². The number of nitrogens with two attached hydrogens (primary N) is 1. The third-order valence-electron chi connectivity index (χ3n) is 7.33. The summed E-state index contributed by atoms with van der Waals surface area (Å²) in [7, 11) is 0. The molecule has 4 aromatic rings. The van der Waals surface area contributed by atoms with Crippen LogP contribution >= 0.6 is 23.2 Å². The summed E-state index contributed by atoms with van der Waals surface area (Å²) in [5, 5.41) is 8.26. The molecular formula is C24H21Cl2FN6. The van der Waals surface area contributed by atoms with E-state index in [1.807, 2.05) is 24.3 Å². The molecule has 3 heterocycles. The molecule has 3 atom stereocenters. The van der Waals surface area contributed by atoms with Gasteiger partial charge < -0.3 is 10.6 Å². The van der Waals surface area contributed by atoms with Crippen LogP contribution in [0.15, 0.2) is 48.7 Å². The van der Waals surface area contributed by atoms with E-state index >= 15 is 0 Å². The first-order valence-corrected chi connectivity index (χ1v) is 11.7. The van der Waals surface area contributed by atoms with Crippen molar-refractivity contribution in [2.45, 2.75) is 11.8 Å². The summed E-state index contributed by atoms with van der Waals surface area (Å²) in [5.41, 5.74) is 9.18. The fourth-order valence-corrected chi connectivity index (χ4v) is 6.05. The Kier molecular flexibility index (Phi) is 4.83. The van der Waals surface area contributed by atoms with Gasteiger partial charge in [0, 0.05) is 30.6 Å². The molecule has 1 saturated carbocycles. The molecule has 2 aromatic carbocycles. The van der Waals surface area contributed by atoms with Crippen molar-refractivity contribution in [3.05, 3.63) is 70.1 Å². The van der Waals surface area contributed by atoms with Crippen LogP contribution in [-0.4, -0.2) is 39.8 Å². The summed E-state index contributed by atoms with van der Waals surface area (Å²) in [4.78, 5) is 11.6. The van der Waals surface area contributed by atoms with Crippen LogP contribution in [0.4, 0.5) is 10.2 Å². The Bertz CT molecular complexity index is 1370. The van der Waals surface area contributed by atoms with Crippen molar-refractivity contribution in [3.63, 3.8) is 0 Å². The molecule has 2 aliphatic rings. The van der Waals surface area contributed by atoms with E-state index in [-0.39, 0.29) is 17.2 Å². The van der Waals surface area contributed by atoms with Crippen LogP contribution in [0.25, 0.3) is 22.4 Å². The lowest BCUT2D eigenvalue weighted by Crippen LogP contribution is -2.32. The predicted molar refractivity (Wildman–Crippen MR) is 128 cm³/mol. The number of nitrogens with zero attached hydrogens (tertiary/aromatic N) is 4. The molecule has 3 N–H and O–H groups in total. The Labute approximate surface area is 199 Å². The van der Waals surface area contributed by atoms with Gasteiger partial charge in [-0.2, -0.15) is 5.10 Å². The van der Waals surface area contributed by atoms with Gasteiger partial charge in [-0.05, 0) is 36.0 Å². The quantitative estimate of drug-likeness (QED) is 0.435. The number of H-pyrrole nitrogens is 1. The van der Waals surface area contributed by atoms with Crippen LogP contribution in [0.3, 0.4) is 0 Å². The van der Waals surface area contributed by atoms with Gasteiger partial charge in [0.2, 0.25) is 0 Å². The average molecular weight is 483 g/mol. The monoisotopic (exact) mass is 482 g/mol. The lowest BCUT2D eigenvalue weighted by Gasteiger charge is -2.26. The lowest BCUT2D eigenvalue weighted by atomic mass is 9.91. The van der Waals surface area contributed by atoms with Crippen molar-refractivity contribution in [1.29, 1.82) is 0 Å².